The van der Waals surface area contributed by atoms with Crippen LogP contribution in [0.1, 0.15) is 47.0 Å². The number of urea groups is 1. The van der Waals surface area contributed by atoms with E-state index in [2.05, 4.69) is 43.3 Å². The van der Waals surface area contributed by atoms with Gasteiger partial charge in [0.05, 0.1) is 0 Å². The van der Waals surface area contributed by atoms with Crippen molar-refractivity contribution in [3.05, 3.63) is 12.2 Å². The van der Waals surface area contributed by atoms with E-state index in [0.29, 0.717) is 12.1 Å². The van der Waals surface area contributed by atoms with Crippen LogP contribution in [-0.2, 0) is 14.3 Å². The van der Waals surface area contributed by atoms with Crippen LogP contribution in [0, 0.1) is 10.8 Å². The molecule has 8 heteroatoms. The number of nitrogens with one attached hydrogen (secondary N) is 3. The summed E-state index contributed by atoms with van der Waals surface area (Å²) < 4.78 is 9.90. The van der Waals surface area contributed by atoms with Gasteiger partial charge < -0.3 is 25.4 Å². The molecule has 0 radical (unpaired) electrons. The smallest absolute Gasteiger partial charge is 0.407 e. The second-order valence-corrected chi connectivity index (χ2v) is 8.39. The number of rotatable bonds is 7. The Bertz CT molecular complexity index is 576. The minimum atomic E-state index is -0.554. The Kier molecular flexibility index (Phi) is 8.12. The molecule has 0 aromatic carbocycles. The van der Waals surface area contributed by atoms with E-state index in [4.69, 9.17) is 9.47 Å². The first-order chi connectivity index (χ1) is 12.5. The lowest BCUT2D eigenvalue weighted by Gasteiger charge is -2.46. The molecule has 27 heavy (non-hydrogen) atoms. The van der Waals surface area contributed by atoms with Crippen LogP contribution in [0.5, 0.6) is 0 Å². The van der Waals surface area contributed by atoms with Crippen molar-refractivity contribution in [2.24, 2.45) is 10.8 Å². The van der Waals surface area contributed by atoms with E-state index in [1.54, 1.807) is 14.0 Å². The Morgan fingerprint density at radius 1 is 1.11 bits per heavy atom. The van der Waals surface area contributed by atoms with Gasteiger partial charge in [-0.25, -0.2) is 14.4 Å². The molecule has 0 saturated heterocycles. The number of carbonyl (C=O) groups excluding carboxylic acids is 3. The van der Waals surface area contributed by atoms with Gasteiger partial charge in [-0.3, -0.25) is 0 Å². The highest BCUT2D eigenvalue weighted by molar-refractivity contribution is 5.86. The lowest BCUT2D eigenvalue weighted by Crippen LogP contribution is -2.51. The molecule has 1 aliphatic carbocycles. The van der Waals surface area contributed by atoms with Crippen molar-refractivity contribution in [3.8, 4) is 0 Å². The monoisotopic (exact) mass is 383 g/mol. The molecular weight excluding hydrogens is 350 g/mol. The second-order valence-electron chi connectivity index (χ2n) is 8.39. The zero-order valence-electron chi connectivity index (χ0n) is 17.1. The SMILES string of the molecule is C=C(C)C(=O)OCCOC(=O)NCC1(C)CC(NC(=O)NC)CC(C)(C)C1. The number of carbonyl (C=O) groups is 3. The molecule has 2 unspecified atom stereocenters. The molecule has 3 N–H and O–H groups in total. The molecule has 8 nitrogen and oxygen atoms in total. The minimum Gasteiger partial charge on any atom is -0.459 e. The lowest BCUT2D eigenvalue weighted by atomic mass is 9.62. The van der Waals surface area contributed by atoms with Crippen molar-refractivity contribution < 1.29 is 23.9 Å². The third-order valence-electron chi connectivity index (χ3n) is 4.56. The van der Waals surface area contributed by atoms with E-state index in [0.717, 1.165) is 19.3 Å². The van der Waals surface area contributed by atoms with Crippen LogP contribution >= 0.6 is 0 Å². The molecule has 1 aliphatic rings. The Morgan fingerprint density at radius 3 is 2.33 bits per heavy atom. The Hall–Kier alpha value is -2.25. The van der Waals surface area contributed by atoms with Gasteiger partial charge in [0.15, 0.2) is 0 Å². The lowest BCUT2D eigenvalue weighted by molar-refractivity contribution is -0.139. The van der Waals surface area contributed by atoms with Crippen LogP contribution in [0.2, 0.25) is 0 Å². The van der Waals surface area contributed by atoms with Crippen molar-refractivity contribution in [2.75, 3.05) is 26.8 Å². The topological polar surface area (TPSA) is 106 Å². The maximum Gasteiger partial charge on any atom is 0.407 e. The molecular formula is C19H33N3O5. The van der Waals surface area contributed by atoms with Gasteiger partial charge in [0.1, 0.15) is 13.2 Å². The maximum atomic E-state index is 11.9. The highest BCUT2D eigenvalue weighted by atomic mass is 16.6. The molecule has 0 spiro atoms. The summed E-state index contributed by atoms with van der Waals surface area (Å²) in [5.74, 6) is -0.509. The van der Waals surface area contributed by atoms with Crippen LogP contribution in [0.25, 0.3) is 0 Å². The molecule has 1 fully saturated rings. The summed E-state index contributed by atoms with van der Waals surface area (Å²) >= 11 is 0. The Morgan fingerprint density at radius 2 is 1.74 bits per heavy atom. The number of ether oxygens (including phenoxy) is 2. The highest BCUT2D eigenvalue weighted by Gasteiger charge is 2.41. The van der Waals surface area contributed by atoms with Crippen LogP contribution in [0.4, 0.5) is 9.59 Å². The number of hydrogen-bond acceptors (Lipinski definition) is 5. The fraction of sp³-hybridized carbons (Fsp3) is 0.737. The van der Waals surface area contributed by atoms with Gasteiger partial charge in [0.2, 0.25) is 0 Å². The third-order valence-corrected chi connectivity index (χ3v) is 4.56. The molecule has 0 aliphatic heterocycles. The average Bonchev–Trinajstić information content (AvgIpc) is 2.54. The third kappa shape index (κ3) is 8.32. The summed E-state index contributed by atoms with van der Waals surface area (Å²) in [4.78, 5) is 34.8. The predicted octanol–water partition coefficient (Wildman–Crippen LogP) is 2.35. The molecule has 1 rings (SSSR count). The van der Waals surface area contributed by atoms with Crippen molar-refractivity contribution in [2.45, 2.75) is 53.0 Å². The Labute approximate surface area is 161 Å². The first-order valence-electron chi connectivity index (χ1n) is 9.18. The van der Waals surface area contributed by atoms with E-state index >= 15 is 0 Å². The van der Waals surface area contributed by atoms with Crippen LogP contribution in [0.15, 0.2) is 12.2 Å². The van der Waals surface area contributed by atoms with Gasteiger partial charge in [0.25, 0.3) is 0 Å². The summed E-state index contributed by atoms with van der Waals surface area (Å²) in [6.45, 7) is 11.9. The molecule has 2 atom stereocenters. The second kappa shape index (κ2) is 9.62. The molecule has 3 amide bonds. The highest BCUT2D eigenvalue weighted by Crippen LogP contribution is 2.45. The minimum absolute atomic E-state index is 0.0124. The number of alkyl carbamates (subject to hydrolysis) is 1. The standard InChI is InChI=1S/C19H33N3O5/c1-13(2)15(23)26-7-8-27-17(25)21-12-19(5)10-14(22-16(24)20-6)9-18(3,4)11-19/h14H,1,7-12H2,2-6H3,(H,21,25)(H2,20,22,24). The summed E-state index contributed by atoms with van der Waals surface area (Å²) in [6.07, 6.45) is 2.01. The first-order valence-corrected chi connectivity index (χ1v) is 9.18. The zero-order valence-corrected chi connectivity index (χ0v) is 17.1. The van der Waals surface area contributed by atoms with Gasteiger partial charge in [0, 0.05) is 25.2 Å². The van der Waals surface area contributed by atoms with E-state index < -0.39 is 12.1 Å². The number of hydrogen-bond donors (Lipinski definition) is 3. The van der Waals surface area contributed by atoms with Crippen LogP contribution in [0.3, 0.4) is 0 Å². The van der Waals surface area contributed by atoms with Gasteiger partial charge in [-0.1, -0.05) is 27.4 Å². The van der Waals surface area contributed by atoms with Gasteiger partial charge >= 0.3 is 18.1 Å². The summed E-state index contributed by atoms with van der Waals surface area (Å²) in [6, 6.07) is -0.158. The average molecular weight is 383 g/mol. The zero-order chi connectivity index (χ0) is 20.7. The predicted molar refractivity (Wildman–Crippen MR) is 102 cm³/mol. The van der Waals surface area contributed by atoms with Crippen molar-refractivity contribution in [3.63, 3.8) is 0 Å². The first kappa shape index (κ1) is 22.8. The summed E-state index contributed by atoms with van der Waals surface area (Å²) in [5, 5.41) is 8.34. The molecule has 154 valence electrons. The molecule has 0 bridgehead atoms. The fourth-order valence-corrected chi connectivity index (χ4v) is 3.86. The van der Waals surface area contributed by atoms with Crippen molar-refractivity contribution in [1.82, 2.24) is 16.0 Å². The van der Waals surface area contributed by atoms with Crippen LogP contribution in [-0.4, -0.2) is 50.9 Å². The maximum absolute atomic E-state index is 11.9. The van der Waals surface area contributed by atoms with Crippen molar-refractivity contribution in [1.29, 1.82) is 0 Å². The number of amides is 3. The number of esters is 1. The molecule has 1 saturated carbocycles. The van der Waals surface area contributed by atoms with E-state index in [1.807, 2.05) is 0 Å². The summed E-state index contributed by atoms with van der Waals surface area (Å²) in [7, 11) is 1.59. The van der Waals surface area contributed by atoms with Gasteiger partial charge in [-0.2, -0.15) is 0 Å². The van der Waals surface area contributed by atoms with Gasteiger partial charge in [-0.05, 0) is 37.0 Å². The molecule has 0 aromatic heterocycles. The quantitative estimate of drug-likeness (QED) is 0.355. The molecule has 0 heterocycles. The summed E-state index contributed by atoms with van der Waals surface area (Å²) in [5.41, 5.74) is 0.173. The van der Waals surface area contributed by atoms with E-state index in [-0.39, 0.29) is 36.1 Å². The van der Waals surface area contributed by atoms with Crippen molar-refractivity contribution >= 4 is 18.1 Å². The normalized spacial score (nSPS) is 23.7. The van der Waals surface area contributed by atoms with E-state index in [1.165, 1.54) is 0 Å². The van der Waals surface area contributed by atoms with E-state index in [9.17, 15) is 14.4 Å². The Balaban J connectivity index is 2.45. The molecule has 0 aromatic rings. The van der Waals surface area contributed by atoms with Crippen LogP contribution < -0.4 is 16.0 Å². The fourth-order valence-electron chi connectivity index (χ4n) is 3.86. The largest absolute Gasteiger partial charge is 0.459 e. The van der Waals surface area contributed by atoms with Gasteiger partial charge in [-0.15, -0.1) is 0 Å².